The van der Waals surface area contributed by atoms with Gasteiger partial charge in [-0.3, -0.25) is 0 Å². The van der Waals surface area contributed by atoms with E-state index >= 15 is 0 Å². The van der Waals surface area contributed by atoms with Gasteiger partial charge in [0.2, 0.25) is 0 Å². The van der Waals surface area contributed by atoms with E-state index in [1.807, 2.05) is 0 Å². The molecule has 1 aromatic rings. The van der Waals surface area contributed by atoms with E-state index in [4.69, 9.17) is 16.9 Å². The zero-order valence-electron chi connectivity index (χ0n) is 9.92. The van der Waals surface area contributed by atoms with E-state index in [0.29, 0.717) is 22.5 Å². The Morgan fingerprint density at radius 3 is 2.62 bits per heavy atom. The van der Waals surface area contributed by atoms with Gasteiger partial charge in [0.1, 0.15) is 0 Å². The Labute approximate surface area is 102 Å². The SMILES string of the molecule is CC(C)CC(C)Nc1cc(C#N)ccc1Cl. The van der Waals surface area contributed by atoms with Crippen LogP contribution >= 0.6 is 11.6 Å². The molecule has 1 unspecified atom stereocenters. The van der Waals surface area contributed by atoms with Crippen LogP contribution in [-0.4, -0.2) is 6.04 Å². The van der Waals surface area contributed by atoms with Crippen molar-refractivity contribution < 1.29 is 0 Å². The molecule has 2 nitrogen and oxygen atoms in total. The minimum atomic E-state index is 0.353. The summed E-state index contributed by atoms with van der Waals surface area (Å²) >= 11 is 6.06. The fourth-order valence-corrected chi connectivity index (χ4v) is 1.91. The summed E-state index contributed by atoms with van der Waals surface area (Å²) in [5, 5.41) is 12.8. The second-order valence-corrected chi connectivity index (χ2v) is 4.89. The van der Waals surface area contributed by atoms with Crippen LogP contribution in [0.25, 0.3) is 0 Å². The predicted octanol–water partition coefficient (Wildman–Crippen LogP) is 4.06. The Kier molecular flexibility index (Phi) is 4.64. The molecule has 16 heavy (non-hydrogen) atoms. The van der Waals surface area contributed by atoms with E-state index < -0.39 is 0 Å². The first-order valence-corrected chi connectivity index (χ1v) is 5.87. The number of nitriles is 1. The first kappa shape index (κ1) is 12.9. The molecule has 0 saturated heterocycles. The Morgan fingerprint density at radius 1 is 1.38 bits per heavy atom. The van der Waals surface area contributed by atoms with Crippen molar-refractivity contribution in [1.29, 1.82) is 5.26 Å². The molecule has 0 aliphatic heterocycles. The molecule has 0 radical (unpaired) electrons. The summed E-state index contributed by atoms with van der Waals surface area (Å²) in [4.78, 5) is 0. The number of rotatable bonds is 4. The summed E-state index contributed by atoms with van der Waals surface area (Å²) < 4.78 is 0. The molecule has 0 spiro atoms. The summed E-state index contributed by atoms with van der Waals surface area (Å²) in [6.07, 6.45) is 1.08. The molecule has 1 aromatic carbocycles. The van der Waals surface area contributed by atoms with Crippen molar-refractivity contribution in [3.05, 3.63) is 28.8 Å². The molecule has 1 atom stereocenters. The van der Waals surface area contributed by atoms with Gasteiger partial charge in [0.05, 0.1) is 22.3 Å². The maximum Gasteiger partial charge on any atom is 0.0992 e. The van der Waals surface area contributed by atoms with Crippen molar-refractivity contribution in [3.63, 3.8) is 0 Å². The average Bonchev–Trinajstić information content (AvgIpc) is 2.20. The van der Waals surface area contributed by atoms with Crippen LogP contribution < -0.4 is 5.32 Å². The van der Waals surface area contributed by atoms with Crippen molar-refractivity contribution >= 4 is 17.3 Å². The number of anilines is 1. The van der Waals surface area contributed by atoms with Crippen LogP contribution in [0.15, 0.2) is 18.2 Å². The van der Waals surface area contributed by atoms with Gasteiger partial charge in [-0.05, 0) is 37.5 Å². The Bertz CT molecular complexity index is 393. The molecule has 0 aliphatic rings. The third-order valence-corrected chi connectivity index (χ3v) is 2.65. The second kappa shape index (κ2) is 5.77. The molecule has 0 saturated carbocycles. The van der Waals surface area contributed by atoms with E-state index in [1.54, 1.807) is 18.2 Å². The number of halogens is 1. The molecule has 0 amide bonds. The van der Waals surface area contributed by atoms with E-state index in [1.165, 1.54) is 0 Å². The van der Waals surface area contributed by atoms with Gasteiger partial charge in [-0.2, -0.15) is 5.26 Å². The Morgan fingerprint density at radius 2 is 2.06 bits per heavy atom. The molecule has 0 heterocycles. The summed E-state index contributed by atoms with van der Waals surface area (Å²) in [5.41, 5.74) is 1.47. The summed E-state index contributed by atoms with van der Waals surface area (Å²) in [5.74, 6) is 0.639. The lowest BCUT2D eigenvalue weighted by Crippen LogP contribution is -2.17. The fourth-order valence-electron chi connectivity index (χ4n) is 1.74. The number of hydrogen-bond donors (Lipinski definition) is 1. The van der Waals surface area contributed by atoms with Gasteiger partial charge in [-0.15, -0.1) is 0 Å². The highest BCUT2D eigenvalue weighted by atomic mass is 35.5. The summed E-state index contributed by atoms with van der Waals surface area (Å²) in [6, 6.07) is 7.73. The summed E-state index contributed by atoms with van der Waals surface area (Å²) in [7, 11) is 0. The van der Waals surface area contributed by atoms with Gasteiger partial charge >= 0.3 is 0 Å². The van der Waals surface area contributed by atoms with E-state index in [9.17, 15) is 0 Å². The zero-order valence-corrected chi connectivity index (χ0v) is 10.7. The molecule has 86 valence electrons. The Hall–Kier alpha value is -1.20. The third-order valence-electron chi connectivity index (χ3n) is 2.32. The lowest BCUT2D eigenvalue weighted by molar-refractivity contribution is 0.540. The molecule has 1 N–H and O–H groups in total. The second-order valence-electron chi connectivity index (χ2n) is 4.48. The van der Waals surface area contributed by atoms with E-state index in [-0.39, 0.29) is 0 Å². The van der Waals surface area contributed by atoms with Crippen LogP contribution in [0.5, 0.6) is 0 Å². The maximum atomic E-state index is 8.81. The van der Waals surface area contributed by atoms with Crippen molar-refractivity contribution in [2.24, 2.45) is 5.92 Å². The molecule has 0 aliphatic carbocycles. The van der Waals surface area contributed by atoms with Gasteiger partial charge in [0, 0.05) is 6.04 Å². The lowest BCUT2D eigenvalue weighted by atomic mass is 10.0. The largest absolute Gasteiger partial charge is 0.381 e. The summed E-state index contributed by atoms with van der Waals surface area (Å²) in [6.45, 7) is 6.49. The lowest BCUT2D eigenvalue weighted by Gasteiger charge is -2.18. The highest BCUT2D eigenvalue weighted by Gasteiger charge is 2.07. The molecule has 0 aromatic heterocycles. The molecule has 0 bridgehead atoms. The number of benzene rings is 1. The minimum absolute atomic E-state index is 0.353. The highest BCUT2D eigenvalue weighted by molar-refractivity contribution is 6.33. The molecule has 3 heteroatoms. The van der Waals surface area contributed by atoms with Crippen LogP contribution in [0.2, 0.25) is 5.02 Å². The maximum absolute atomic E-state index is 8.81. The standard InChI is InChI=1S/C13H17ClN2/c1-9(2)6-10(3)16-13-7-11(8-15)4-5-12(13)14/h4-5,7,9-10,16H,6H2,1-3H3. The monoisotopic (exact) mass is 236 g/mol. The number of hydrogen-bond acceptors (Lipinski definition) is 2. The van der Waals surface area contributed by atoms with Gasteiger partial charge in [-0.25, -0.2) is 0 Å². The molecule has 0 fully saturated rings. The minimum Gasteiger partial charge on any atom is -0.381 e. The molecular weight excluding hydrogens is 220 g/mol. The van der Waals surface area contributed by atoms with Crippen LogP contribution in [0.4, 0.5) is 5.69 Å². The van der Waals surface area contributed by atoms with Gasteiger partial charge in [0.15, 0.2) is 0 Å². The molecule has 1 rings (SSSR count). The number of nitrogens with zero attached hydrogens (tertiary/aromatic N) is 1. The van der Waals surface area contributed by atoms with E-state index in [2.05, 4.69) is 32.2 Å². The smallest absolute Gasteiger partial charge is 0.0992 e. The van der Waals surface area contributed by atoms with Crippen molar-refractivity contribution in [2.75, 3.05) is 5.32 Å². The molecular formula is C13H17ClN2. The van der Waals surface area contributed by atoms with E-state index in [0.717, 1.165) is 12.1 Å². The van der Waals surface area contributed by atoms with Crippen LogP contribution in [0.1, 0.15) is 32.8 Å². The first-order valence-electron chi connectivity index (χ1n) is 5.49. The predicted molar refractivity (Wildman–Crippen MR) is 68.7 cm³/mol. The zero-order chi connectivity index (χ0) is 12.1. The Balaban J connectivity index is 2.76. The topological polar surface area (TPSA) is 35.8 Å². The normalized spacial score (nSPS) is 12.2. The van der Waals surface area contributed by atoms with Crippen LogP contribution in [0.3, 0.4) is 0 Å². The highest BCUT2D eigenvalue weighted by Crippen LogP contribution is 2.24. The average molecular weight is 237 g/mol. The quantitative estimate of drug-likeness (QED) is 0.856. The van der Waals surface area contributed by atoms with Crippen LogP contribution in [-0.2, 0) is 0 Å². The fraction of sp³-hybridized carbons (Fsp3) is 0.462. The third kappa shape index (κ3) is 3.75. The van der Waals surface area contributed by atoms with Crippen LogP contribution in [0, 0.1) is 17.2 Å². The van der Waals surface area contributed by atoms with Gasteiger partial charge in [0.25, 0.3) is 0 Å². The van der Waals surface area contributed by atoms with Crippen molar-refractivity contribution in [2.45, 2.75) is 33.2 Å². The first-order chi connectivity index (χ1) is 7.52. The van der Waals surface area contributed by atoms with Gasteiger partial charge in [-0.1, -0.05) is 25.4 Å². The number of nitrogens with one attached hydrogen (secondary N) is 1. The van der Waals surface area contributed by atoms with Gasteiger partial charge < -0.3 is 5.32 Å². The van der Waals surface area contributed by atoms with Crippen molar-refractivity contribution in [1.82, 2.24) is 0 Å². The van der Waals surface area contributed by atoms with Crippen molar-refractivity contribution in [3.8, 4) is 6.07 Å².